The Kier molecular flexibility index (Phi) is 3.25. The average molecular weight is 253 g/mol. The van der Waals surface area contributed by atoms with E-state index in [1.807, 2.05) is 23.1 Å². The first-order valence-corrected chi connectivity index (χ1v) is 6.37. The lowest BCUT2D eigenvalue weighted by atomic mass is 10.1. The van der Waals surface area contributed by atoms with Crippen LogP contribution in [-0.2, 0) is 6.54 Å². The van der Waals surface area contributed by atoms with E-state index < -0.39 is 0 Å². The molecule has 0 atom stereocenters. The number of anilines is 1. The zero-order chi connectivity index (χ0) is 13.1. The molecule has 1 amide bonds. The van der Waals surface area contributed by atoms with Crippen molar-refractivity contribution in [1.82, 2.24) is 10.3 Å². The number of hydrogen-bond acceptors (Lipinski definition) is 3. The number of para-hydroxylation sites is 1. The van der Waals surface area contributed by atoms with Gasteiger partial charge in [-0.25, -0.2) is 0 Å². The van der Waals surface area contributed by atoms with Crippen LogP contribution in [0.15, 0.2) is 48.8 Å². The Labute approximate surface area is 112 Å². The van der Waals surface area contributed by atoms with Gasteiger partial charge in [-0.05, 0) is 23.8 Å². The van der Waals surface area contributed by atoms with E-state index >= 15 is 0 Å². The summed E-state index contributed by atoms with van der Waals surface area (Å²) in [5, 5.41) is 3.33. The van der Waals surface area contributed by atoms with Gasteiger partial charge in [-0.1, -0.05) is 18.2 Å². The first kappa shape index (κ1) is 11.9. The lowest BCUT2D eigenvalue weighted by molar-refractivity contribution is 0.0987. The molecule has 0 aliphatic carbocycles. The average Bonchev–Trinajstić information content (AvgIpc) is 2.70. The molecule has 1 aromatic carbocycles. The van der Waals surface area contributed by atoms with E-state index in [1.165, 1.54) is 0 Å². The molecule has 0 radical (unpaired) electrons. The third-order valence-electron chi connectivity index (χ3n) is 3.28. The van der Waals surface area contributed by atoms with Crippen molar-refractivity contribution in [2.45, 2.75) is 6.54 Å². The molecule has 4 nitrogen and oxygen atoms in total. The van der Waals surface area contributed by atoms with Gasteiger partial charge in [0, 0.05) is 43.3 Å². The van der Waals surface area contributed by atoms with Crippen molar-refractivity contribution in [3.8, 4) is 0 Å². The summed E-state index contributed by atoms with van der Waals surface area (Å²) in [5.41, 5.74) is 2.82. The van der Waals surface area contributed by atoms with E-state index in [0.29, 0.717) is 12.1 Å². The minimum absolute atomic E-state index is 0.0264. The Hall–Kier alpha value is -2.20. The Bertz CT molecular complexity index is 583. The standard InChI is InChI=1S/C15H15N3O/c19-15(12-5-7-16-8-6-12)18-10-9-17-11-13-3-1-2-4-14(13)18/h1-8,17H,9-11H2. The molecule has 4 heteroatoms. The highest BCUT2D eigenvalue weighted by Gasteiger charge is 2.21. The third kappa shape index (κ3) is 2.35. The number of aromatic nitrogens is 1. The molecule has 19 heavy (non-hydrogen) atoms. The second-order valence-electron chi connectivity index (χ2n) is 4.50. The second kappa shape index (κ2) is 5.20. The lowest BCUT2D eigenvalue weighted by Crippen LogP contribution is -2.34. The molecule has 0 unspecified atom stereocenters. The quantitative estimate of drug-likeness (QED) is 0.843. The van der Waals surface area contributed by atoms with Crippen LogP contribution in [0.2, 0.25) is 0 Å². The summed E-state index contributed by atoms with van der Waals surface area (Å²) in [6, 6.07) is 11.5. The topological polar surface area (TPSA) is 45.2 Å². The van der Waals surface area contributed by atoms with Crippen LogP contribution in [0.25, 0.3) is 0 Å². The van der Waals surface area contributed by atoms with Gasteiger partial charge < -0.3 is 10.2 Å². The van der Waals surface area contributed by atoms with Crippen molar-refractivity contribution in [3.05, 3.63) is 59.9 Å². The number of pyridine rings is 1. The van der Waals surface area contributed by atoms with Crippen LogP contribution in [-0.4, -0.2) is 24.0 Å². The zero-order valence-electron chi connectivity index (χ0n) is 10.5. The molecule has 0 saturated carbocycles. The Balaban J connectivity index is 1.99. The number of amides is 1. The summed E-state index contributed by atoms with van der Waals surface area (Å²) in [5.74, 6) is 0.0264. The van der Waals surface area contributed by atoms with Gasteiger partial charge in [0.15, 0.2) is 0 Å². The predicted octanol–water partition coefficient (Wildman–Crippen LogP) is 1.83. The maximum Gasteiger partial charge on any atom is 0.258 e. The molecule has 0 spiro atoms. The normalized spacial score (nSPS) is 14.6. The van der Waals surface area contributed by atoms with E-state index in [2.05, 4.69) is 16.4 Å². The molecule has 96 valence electrons. The van der Waals surface area contributed by atoms with Crippen molar-refractivity contribution >= 4 is 11.6 Å². The summed E-state index contributed by atoms with van der Waals surface area (Å²) in [6.45, 7) is 2.28. The molecule has 1 aliphatic rings. The fourth-order valence-electron chi connectivity index (χ4n) is 2.32. The smallest absolute Gasteiger partial charge is 0.258 e. The van der Waals surface area contributed by atoms with Crippen molar-refractivity contribution in [2.75, 3.05) is 18.0 Å². The van der Waals surface area contributed by atoms with E-state index in [0.717, 1.165) is 24.3 Å². The molecular formula is C15H15N3O. The summed E-state index contributed by atoms with van der Waals surface area (Å²) < 4.78 is 0. The van der Waals surface area contributed by atoms with Crippen LogP contribution < -0.4 is 10.2 Å². The maximum absolute atomic E-state index is 12.6. The molecule has 0 saturated heterocycles. The van der Waals surface area contributed by atoms with Gasteiger partial charge >= 0.3 is 0 Å². The third-order valence-corrected chi connectivity index (χ3v) is 3.28. The van der Waals surface area contributed by atoms with Crippen LogP contribution in [0, 0.1) is 0 Å². The monoisotopic (exact) mass is 253 g/mol. The fraction of sp³-hybridized carbons (Fsp3) is 0.200. The largest absolute Gasteiger partial charge is 0.311 e. The van der Waals surface area contributed by atoms with Crippen LogP contribution in [0.1, 0.15) is 15.9 Å². The Morgan fingerprint density at radius 2 is 1.95 bits per heavy atom. The van der Waals surface area contributed by atoms with E-state index in [9.17, 15) is 4.79 Å². The van der Waals surface area contributed by atoms with Gasteiger partial charge in [-0.15, -0.1) is 0 Å². The number of carbonyl (C=O) groups excluding carboxylic acids is 1. The Morgan fingerprint density at radius 1 is 1.16 bits per heavy atom. The second-order valence-corrected chi connectivity index (χ2v) is 4.50. The number of rotatable bonds is 1. The highest BCUT2D eigenvalue weighted by Crippen LogP contribution is 2.23. The molecule has 3 rings (SSSR count). The first-order valence-electron chi connectivity index (χ1n) is 6.37. The van der Waals surface area contributed by atoms with Gasteiger partial charge in [0.2, 0.25) is 0 Å². The lowest BCUT2D eigenvalue weighted by Gasteiger charge is -2.22. The Morgan fingerprint density at radius 3 is 2.79 bits per heavy atom. The van der Waals surface area contributed by atoms with Crippen molar-refractivity contribution in [3.63, 3.8) is 0 Å². The molecule has 1 aliphatic heterocycles. The molecule has 2 heterocycles. The zero-order valence-corrected chi connectivity index (χ0v) is 10.5. The summed E-state index contributed by atoms with van der Waals surface area (Å²) in [6.07, 6.45) is 3.30. The van der Waals surface area contributed by atoms with Crippen molar-refractivity contribution in [1.29, 1.82) is 0 Å². The van der Waals surface area contributed by atoms with E-state index in [1.54, 1.807) is 24.5 Å². The molecule has 0 bridgehead atoms. The minimum atomic E-state index is 0.0264. The number of benzene rings is 1. The maximum atomic E-state index is 12.6. The van der Waals surface area contributed by atoms with Gasteiger partial charge in [0.1, 0.15) is 0 Å². The fourth-order valence-corrected chi connectivity index (χ4v) is 2.32. The van der Waals surface area contributed by atoms with Crippen molar-refractivity contribution in [2.24, 2.45) is 0 Å². The SMILES string of the molecule is O=C(c1ccncc1)N1CCNCc2ccccc21. The van der Waals surface area contributed by atoms with Crippen molar-refractivity contribution < 1.29 is 4.79 Å². The molecular weight excluding hydrogens is 238 g/mol. The van der Waals surface area contributed by atoms with Gasteiger partial charge in [-0.2, -0.15) is 0 Å². The van der Waals surface area contributed by atoms with Crippen LogP contribution in [0.3, 0.4) is 0 Å². The number of nitrogens with zero attached hydrogens (tertiary/aromatic N) is 2. The summed E-state index contributed by atoms with van der Waals surface area (Å²) >= 11 is 0. The van der Waals surface area contributed by atoms with Crippen LogP contribution in [0.4, 0.5) is 5.69 Å². The van der Waals surface area contributed by atoms with Crippen LogP contribution >= 0.6 is 0 Å². The first-order chi connectivity index (χ1) is 9.36. The number of nitrogens with one attached hydrogen (secondary N) is 1. The molecule has 1 aromatic heterocycles. The van der Waals surface area contributed by atoms with E-state index in [4.69, 9.17) is 0 Å². The van der Waals surface area contributed by atoms with Crippen LogP contribution in [0.5, 0.6) is 0 Å². The van der Waals surface area contributed by atoms with Gasteiger partial charge in [-0.3, -0.25) is 9.78 Å². The number of fused-ring (bicyclic) bond motifs is 1. The van der Waals surface area contributed by atoms with Gasteiger partial charge in [0.25, 0.3) is 5.91 Å². The highest BCUT2D eigenvalue weighted by atomic mass is 16.2. The predicted molar refractivity (Wildman–Crippen MR) is 74.1 cm³/mol. The summed E-state index contributed by atoms with van der Waals surface area (Å²) in [4.78, 5) is 18.4. The summed E-state index contributed by atoms with van der Waals surface area (Å²) in [7, 11) is 0. The highest BCUT2D eigenvalue weighted by molar-refractivity contribution is 6.06. The number of hydrogen-bond donors (Lipinski definition) is 1. The minimum Gasteiger partial charge on any atom is -0.311 e. The molecule has 0 fully saturated rings. The van der Waals surface area contributed by atoms with E-state index in [-0.39, 0.29) is 5.91 Å². The molecule has 2 aromatic rings. The molecule has 1 N–H and O–H groups in total. The number of carbonyl (C=O) groups is 1. The van der Waals surface area contributed by atoms with Gasteiger partial charge in [0.05, 0.1) is 0 Å².